The van der Waals surface area contributed by atoms with Gasteiger partial charge in [0.05, 0.1) is 3.79 Å². The molecule has 0 aliphatic carbocycles. The summed E-state index contributed by atoms with van der Waals surface area (Å²) in [5.74, 6) is 0.185. The molecule has 0 bridgehead atoms. The van der Waals surface area contributed by atoms with Gasteiger partial charge in [0.25, 0.3) is 10.0 Å². The van der Waals surface area contributed by atoms with Gasteiger partial charge in [0.15, 0.2) is 0 Å². The number of rotatable bonds is 3. The van der Waals surface area contributed by atoms with Crippen LogP contribution in [0.1, 0.15) is 39.0 Å². The van der Waals surface area contributed by atoms with E-state index < -0.39 is 10.0 Å². The number of carbonyl (C=O) groups is 1. The molecule has 1 unspecified atom stereocenters. The fourth-order valence-corrected chi connectivity index (χ4v) is 7.20. The Morgan fingerprint density at radius 1 is 1.17 bits per heavy atom. The van der Waals surface area contributed by atoms with E-state index in [4.69, 9.17) is 0 Å². The standard InChI is InChI=1S/C16H23BrN2O3S2/c1-12-4-2-3-9-19(12)16(20)13-7-10-18(11-8-13)24(21,22)15-6-5-14(17)23-15/h5-6,12-13H,2-4,7-11H2,1H3. The number of hydrogen-bond donors (Lipinski definition) is 0. The number of hydrogen-bond acceptors (Lipinski definition) is 4. The van der Waals surface area contributed by atoms with E-state index in [9.17, 15) is 13.2 Å². The minimum Gasteiger partial charge on any atom is -0.340 e. The Labute approximate surface area is 156 Å². The monoisotopic (exact) mass is 434 g/mol. The highest BCUT2D eigenvalue weighted by molar-refractivity contribution is 9.11. The number of nitrogens with zero attached hydrogens (tertiary/aromatic N) is 2. The van der Waals surface area contributed by atoms with Gasteiger partial charge in [0.2, 0.25) is 5.91 Å². The second kappa shape index (κ2) is 7.43. The molecule has 3 rings (SSSR count). The predicted molar refractivity (Wildman–Crippen MR) is 98.5 cm³/mol. The van der Waals surface area contributed by atoms with Gasteiger partial charge in [-0.3, -0.25) is 4.79 Å². The Balaban J connectivity index is 1.62. The first-order valence-electron chi connectivity index (χ1n) is 8.45. The first-order chi connectivity index (χ1) is 11.4. The first-order valence-corrected chi connectivity index (χ1v) is 11.5. The molecule has 24 heavy (non-hydrogen) atoms. The van der Waals surface area contributed by atoms with E-state index in [-0.39, 0.29) is 11.8 Å². The van der Waals surface area contributed by atoms with Gasteiger partial charge in [-0.15, -0.1) is 11.3 Å². The zero-order valence-corrected chi connectivity index (χ0v) is 17.0. The van der Waals surface area contributed by atoms with Crippen LogP contribution in [0.5, 0.6) is 0 Å². The van der Waals surface area contributed by atoms with Crippen LogP contribution >= 0.6 is 27.3 Å². The lowest BCUT2D eigenvalue weighted by molar-refractivity contribution is -0.140. The van der Waals surface area contributed by atoms with Crippen molar-refractivity contribution in [1.29, 1.82) is 0 Å². The predicted octanol–water partition coefficient (Wildman–Crippen LogP) is 3.31. The fourth-order valence-electron chi connectivity index (χ4n) is 3.57. The van der Waals surface area contributed by atoms with Crippen molar-refractivity contribution in [3.05, 3.63) is 15.9 Å². The molecule has 1 atom stereocenters. The molecule has 0 aromatic carbocycles. The van der Waals surface area contributed by atoms with E-state index in [0.717, 1.165) is 23.2 Å². The van der Waals surface area contributed by atoms with Crippen LogP contribution in [-0.2, 0) is 14.8 Å². The summed E-state index contributed by atoms with van der Waals surface area (Å²) >= 11 is 4.54. The van der Waals surface area contributed by atoms with Crippen molar-refractivity contribution in [2.24, 2.45) is 5.92 Å². The van der Waals surface area contributed by atoms with Gasteiger partial charge in [0, 0.05) is 31.6 Å². The highest BCUT2D eigenvalue weighted by Crippen LogP contribution is 2.31. The summed E-state index contributed by atoms with van der Waals surface area (Å²) in [4.78, 5) is 14.8. The zero-order valence-electron chi connectivity index (χ0n) is 13.8. The normalized spacial score (nSPS) is 24.2. The number of carbonyl (C=O) groups excluding carboxylic acids is 1. The number of amides is 1. The van der Waals surface area contributed by atoms with Crippen molar-refractivity contribution >= 4 is 43.2 Å². The van der Waals surface area contributed by atoms with Crippen molar-refractivity contribution in [3.8, 4) is 0 Å². The topological polar surface area (TPSA) is 57.7 Å². The molecule has 2 fully saturated rings. The molecule has 2 saturated heterocycles. The maximum Gasteiger partial charge on any atom is 0.252 e. The van der Waals surface area contributed by atoms with Gasteiger partial charge < -0.3 is 4.90 Å². The largest absolute Gasteiger partial charge is 0.340 e. The van der Waals surface area contributed by atoms with Crippen molar-refractivity contribution < 1.29 is 13.2 Å². The first kappa shape index (κ1) is 18.4. The van der Waals surface area contributed by atoms with Crippen LogP contribution < -0.4 is 0 Å². The number of thiophene rings is 1. The van der Waals surface area contributed by atoms with Gasteiger partial charge in [-0.05, 0) is 67.1 Å². The van der Waals surface area contributed by atoms with Crippen LogP contribution in [0, 0.1) is 5.92 Å². The lowest BCUT2D eigenvalue weighted by Gasteiger charge is -2.38. The third kappa shape index (κ3) is 3.71. The van der Waals surface area contributed by atoms with Gasteiger partial charge in [-0.25, -0.2) is 8.42 Å². The Hall–Kier alpha value is -0.440. The molecule has 1 aromatic heterocycles. The molecule has 0 radical (unpaired) electrons. The summed E-state index contributed by atoms with van der Waals surface area (Å²) in [7, 11) is -3.43. The summed E-state index contributed by atoms with van der Waals surface area (Å²) in [5.41, 5.74) is 0. The molecule has 0 spiro atoms. The molecule has 2 aliphatic heterocycles. The number of sulfonamides is 1. The second-order valence-electron chi connectivity index (χ2n) is 6.61. The minimum absolute atomic E-state index is 0.0351. The van der Waals surface area contributed by atoms with Crippen LogP contribution in [0.4, 0.5) is 0 Å². The van der Waals surface area contributed by atoms with E-state index in [2.05, 4.69) is 22.9 Å². The molecule has 1 aromatic rings. The van der Waals surface area contributed by atoms with Crippen molar-refractivity contribution in [3.63, 3.8) is 0 Å². The fraction of sp³-hybridized carbons (Fsp3) is 0.688. The lowest BCUT2D eigenvalue weighted by Crippen LogP contribution is -2.48. The summed E-state index contributed by atoms with van der Waals surface area (Å²) in [6, 6.07) is 3.71. The average Bonchev–Trinajstić information content (AvgIpc) is 3.02. The minimum atomic E-state index is -3.43. The summed E-state index contributed by atoms with van der Waals surface area (Å²) in [5, 5.41) is 0. The van der Waals surface area contributed by atoms with Crippen LogP contribution in [0.2, 0.25) is 0 Å². The van der Waals surface area contributed by atoms with Crippen LogP contribution in [0.25, 0.3) is 0 Å². The molecule has 0 N–H and O–H groups in total. The molecule has 8 heteroatoms. The van der Waals surface area contributed by atoms with Crippen LogP contribution in [-0.4, -0.2) is 49.2 Å². The Morgan fingerprint density at radius 3 is 2.46 bits per heavy atom. The average molecular weight is 435 g/mol. The molecule has 0 saturated carbocycles. The van der Waals surface area contributed by atoms with E-state index in [1.807, 2.05) is 4.90 Å². The number of halogens is 1. The van der Waals surface area contributed by atoms with Crippen LogP contribution in [0.15, 0.2) is 20.1 Å². The van der Waals surface area contributed by atoms with E-state index in [1.165, 1.54) is 22.1 Å². The third-order valence-electron chi connectivity index (χ3n) is 5.03. The molecule has 1 amide bonds. The maximum absolute atomic E-state index is 12.7. The highest BCUT2D eigenvalue weighted by atomic mass is 79.9. The maximum atomic E-state index is 12.7. The second-order valence-corrected chi connectivity index (χ2v) is 11.2. The summed E-state index contributed by atoms with van der Waals surface area (Å²) in [6.07, 6.45) is 4.59. The number of likely N-dealkylation sites (tertiary alicyclic amines) is 1. The molecular weight excluding hydrogens is 412 g/mol. The quantitative estimate of drug-likeness (QED) is 0.732. The highest BCUT2D eigenvalue weighted by Gasteiger charge is 2.35. The summed E-state index contributed by atoms with van der Waals surface area (Å²) in [6.45, 7) is 3.82. The van der Waals surface area contributed by atoms with Crippen molar-refractivity contribution in [1.82, 2.24) is 9.21 Å². The molecule has 3 heterocycles. The van der Waals surface area contributed by atoms with Crippen LogP contribution in [0.3, 0.4) is 0 Å². The molecule has 5 nitrogen and oxygen atoms in total. The van der Waals surface area contributed by atoms with E-state index in [0.29, 0.717) is 36.2 Å². The SMILES string of the molecule is CC1CCCCN1C(=O)C1CCN(S(=O)(=O)c2ccc(Br)s2)CC1. The van der Waals surface area contributed by atoms with Gasteiger partial charge >= 0.3 is 0 Å². The zero-order chi connectivity index (χ0) is 17.3. The van der Waals surface area contributed by atoms with E-state index in [1.54, 1.807) is 12.1 Å². The van der Waals surface area contributed by atoms with Crippen molar-refractivity contribution in [2.45, 2.75) is 49.3 Å². The third-order valence-corrected chi connectivity index (χ3v) is 9.02. The molecule has 134 valence electrons. The Kier molecular flexibility index (Phi) is 5.68. The van der Waals surface area contributed by atoms with Gasteiger partial charge in [-0.2, -0.15) is 4.31 Å². The Bertz CT molecular complexity index is 696. The van der Waals surface area contributed by atoms with Gasteiger partial charge in [-0.1, -0.05) is 0 Å². The Morgan fingerprint density at radius 2 is 1.88 bits per heavy atom. The van der Waals surface area contributed by atoms with Crippen molar-refractivity contribution in [2.75, 3.05) is 19.6 Å². The molecule has 2 aliphatic rings. The number of piperidine rings is 2. The molecular formula is C16H23BrN2O3S2. The lowest BCUT2D eigenvalue weighted by atomic mass is 9.94. The smallest absolute Gasteiger partial charge is 0.252 e. The summed E-state index contributed by atoms with van der Waals surface area (Å²) < 4.78 is 28.0. The van der Waals surface area contributed by atoms with Gasteiger partial charge in [0.1, 0.15) is 4.21 Å². The van der Waals surface area contributed by atoms with E-state index >= 15 is 0 Å².